The first kappa shape index (κ1) is 14.6. The molecule has 1 aliphatic rings. The number of hydrogen-bond acceptors (Lipinski definition) is 7. The Morgan fingerprint density at radius 3 is 2.91 bits per heavy atom. The van der Waals surface area contributed by atoms with Crippen LogP contribution in [0.1, 0.15) is 17.7 Å². The number of anilines is 1. The molecule has 3 rings (SSSR count). The summed E-state index contributed by atoms with van der Waals surface area (Å²) in [6.45, 7) is 1.16. The Morgan fingerprint density at radius 2 is 2.23 bits per heavy atom. The zero-order valence-electron chi connectivity index (χ0n) is 11.3. The molecule has 0 aliphatic carbocycles. The number of H-pyrrole nitrogens is 1. The van der Waals surface area contributed by atoms with Gasteiger partial charge in [0, 0.05) is 21.9 Å². The molecule has 112 valence electrons. The van der Waals surface area contributed by atoms with E-state index in [1.54, 1.807) is 0 Å². The summed E-state index contributed by atoms with van der Waals surface area (Å²) in [7, 11) is 0. The van der Waals surface area contributed by atoms with Crippen LogP contribution in [0.3, 0.4) is 0 Å². The first-order valence-electron chi connectivity index (χ1n) is 6.40. The van der Waals surface area contributed by atoms with Gasteiger partial charge >= 0.3 is 0 Å². The summed E-state index contributed by atoms with van der Waals surface area (Å²) in [5.74, 6) is 0.229. The number of nitriles is 1. The van der Waals surface area contributed by atoms with E-state index in [4.69, 9.17) is 14.7 Å². The minimum Gasteiger partial charge on any atom is -0.360 e. The second kappa shape index (κ2) is 6.65. The largest absolute Gasteiger partial charge is 0.360 e. The highest BCUT2D eigenvalue weighted by Crippen LogP contribution is 2.29. The summed E-state index contributed by atoms with van der Waals surface area (Å²) in [5.41, 5.74) is 1.93. The van der Waals surface area contributed by atoms with Gasteiger partial charge in [0.05, 0.1) is 13.2 Å². The third kappa shape index (κ3) is 3.30. The van der Waals surface area contributed by atoms with E-state index in [1.165, 1.54) is 6.20 Å². The molecule has 0 radical (unpaired) electrons. The van der Waals surface area contributed by atoms with Gasteiger partial charge in [-0.2, -0.15) is 10.5 Å². The van der Waals surface area contributed by atoms with Gasteiger partial charge in [0.15, 0.2) is 6.29 Å². The van der Waals surface area contributed by atoms with Gasteiger partial charge in [-0.25, -0.2) is 0 Å². The predicted molar refractivity (Wildman–Crippen MR) is 80.2 cm³/mol. The minimum absolute atomic E-state index is 0.229. The molecule has 9 heteroatoms. The van der Waals surface area contributed by atoms with Crippen LogP contribution in [0.5, 0.6) is 0 Å². The molecule has 0 amide bonds. The highest BCUT2D eigenvalue weighted by Gasteiger charge is 2.19. The van der Waals surface area contributed by atoms with Gasteiger partial charge in [-0.15, -0.1) is 10.2 Å². The van der Waals surface area contributed by atoms with Crippen LogP contribution in [0, 0.1) is 11.3 Å². The van der Waals surface area contributed by atoms with E-state index in [-0.39, 0.29) is 17.7 Å². The highest BCUT2D eigenvalue weighted by molar-refractivity contribution is 9.10. The summed E-state index contributed by atoms with van der Waals surface area (Å²) >= 11 is 3.45. The van der Waals surface area contributed by atoms with Gasteiger partial charge in [0.1, 0.15) is 11.6 Å². The Labute approximate surface area is 134 Å². The summed E-state index contributed by atoms with van der Waals surface area (Å²) in [6, 6.07) is 7.70. The van der Waals surface area contributed by atoms with Crippen molar-refractivity contribution in [3.8, 4) is 6.07 Å². The van der Waals surface area contributed by atoms with Crippen LogP contribution >= 0.6 is 15.9 Å². The van der Waals surface area contributed by atoms with Crippen LogP contribution in [0.4, 0.5) is 5.69 Å². The van der Waals surface area contributed by atoms with Crippen molar-refractivity contribution in [3.05, 3.63) is 40.3 Å². The van der Waals surface area contributed by atoms with Gasteiger partial charge in [-0.05, 0) is 23.4 Å². The number of halogens is 1. The number of rotatable bonds is 4. The Bertz CT molecular complexity index is 719. The molecule has 22 heavy (non-hydrogen) atoms. The maximum Gasteiger partial charge on any atom is 0.216 e. The zero-order chi connectivity index (χ0) is 15.4. The van der Waals surface area contributed by atoms with Crippen molar-refractivity contribution in [3.63, 3.8) is 0 Å². The van der Waals surface area contributed by atoms with Crippen molar-refractivity contribution < 1.29 is 9.47 Å². The summed E-state index contributed by atoms with van der Waals surface area (Å²) in [4.78, 5) is 0. The van der Waals surface area contributed by atoms with Crippen molar-refractivity contribution in [1.82, 2.24) is 20.6 Å². The molecular weight excluding hydrogens is 352 g/mol. The molecule has 2 aromatic rings. The second-order valence-corrected chi connectivity index (χ2v) is 5.31. The van der Waals surface area contributed by atoms with E-state index >= 15 is 0 Å². The van der Waals surface area contributed by atoms with E-state index in [1.807, 2.05) is 24.3 Å². The van der Waals surface area contributed by atoms with E-state index < -0.39 is 0 Å². The monoisotopic (exact) mass is 362 g/mol. The number of allylic oxidation sites excluding steroid dienone is 1. The number of aromatic amines is 1. The Morgan fingerprint density at radius 1 is 1.41 bits per heavy atom. The molecular formula is C13H11BrN6O2. The van der Waals surface area contributed by atoms with Crippen LogP contribution < -0.4 is 5.32 Å². The molecule has 1 saturated heterocycles. The number of nitrogens with one attached hydrogen (secondary N) is 2. The normalized spacial score (nSPS) is 15.7. The lowest BCUT2D eigenvalue weighted by atomic mass is 10.2. The topological polar surface area (TPSA) is 109 Å². The number of benzene rings is 1. The van der Waals surface area contributed by atoms with E-state index in [0.29, 0.717) is 13.2 Å². The van der Waals surface area contributed by atoms with Crippen LogP contribution in [0.25, 0.3) is 5.57 Å². The molecule has 8 nitrogen and oxygen atoms in total. The fraction of sp³-hybridized carbons (Fsp3) is 0.231. The van der Waals surface area contributed by atoms with Gasteiger partial charge < -0.3 is 14.8 Å². The molecule has 2 N–H and O–H groups in total. The molecule has 1 aromatic heterocycles. The lowest BCUT2D eigenvalue weighted by Crippen LogP contribution is -2.00. The van der Waals surface area contributed by atoms with Gasteiger partial charge in [-0.1, -0.05) is 15.9 Å². The average Bonchev–Trinajstić information content (AvgIpc) is 3.21. The number of aromatic nitrogens is 4. The number of tetrazole rings is 1. The van der Waals surface area contributed by atoms with Gasteiger partial charge in [0.2, 0.25) is 5.82 Å². The molecule has 1 fully saturated rings. The van der Waals surface area contributed by atoms with E-state index in [9.17, 15) is 0 Å². The van der Waals surface area contributed by atoms with E-state index in [2.05, 4.69) is 41.9 Å². The molecule has 1 aromatic carbocycles. The average molecular weight is 363 g/mol. The Balaban J connectivity index is 1.81. The van der Waals surface area contributed by atoms with Crippen molar-refractivity contribution in [2.75, 3.05) is 18.5 Å². The first-order chi connectivity index (χ1) is 10.8. The molecule has 2 heterocycles. The Hall–Kier alpha value is -2.28. The smallest absolute Gasteiger partial charge is 0.216 e. The van der Waals surface area contributed by atoms with Crippen molar-refractivity contribution in [2.45, 2.75) is 6.29 Å². The third-order valence-electron chi connectivity index (χ3n) is 2.90. The number of ether oxygens (including phenoxy) is 2. The van der Waals surface area contributed by atoms with Crippen LogP contribution in [0.2, 0.25) is 0 Å². The van der Waals surface area contributed by atoms with Crippen molar-refractivity contribution >= 4 is 27.2 Å². The third-order valence-corrected chi connectivity index (χ3v) is 3.36. The van der Waals surface area contributed by atoms with Crippen molar-refractivity contribution in [1.29, 1.82) is 5.26 Å². The standard InChI is InChI=1S/C13H11BrN6O2/c14-10-3-8(13-21-1-2-22-13)4-11(5-10)16-7-9(6-15)12-17-19-20-18-12/h3-5,7,13,16H,1-2H2,(H,17,18,19,20). The van der Waals surface area contributed by atoms with Crippen LogP contribution in [-0.2, 0) is 9.47 Å². The highest BCUT2D eigenvalue weighted by atomic mass is 79.9. The second-order valence-electron chi connectivity index (χ2n) is 4.40. The van der Waals surface area contributed by atoms with Crippen molar-refractivity contribution in [2.24, 2.45) is 0 Å². The Kier molecular flexibility index (Phi) is 4.43. The summed E-state index contributed by atoms with van der Waals surface area (Å²) in [6.07, 6.45) is 1.15. The molecule has 0 unspecified atom stereocenters. The molecule has 0 spiro atoms. The maximum absolute atomic E-state index is 9.13. The van der Waals surface area contributed by atoms with E-state index in [0.717, 1.165) is 15.7 Å². The van der Waals surface area contributed by atoms with Crippen LogP contribution in [-0.4, -0.2) is 33.8 Å². The zero-order valence-corrected chi connectivity index (χ0v) is 12.9. The predicted octanol–water partition coefficient (Wildman–Crippen LogP) is 1.98. The molecule has 0 atom stereocenters. The molecule has 0 bridgehead atoms. The molecule has 1 aliphatic heterocycles. The van der Waals surface area contributed by atoms with Gasteiger partial charge in [-0.3, -0.25) is 0 Å². The molecule has 0 saturated carbocycles. The summed E-state index contributed by atoms with van der Waals surface area (Å²) < 4.78 is 11.8. The lowest BCUT2D eigenvalue weighted by molar-refractivity contribution is -0.0441. The van der Waals surface area contributed by atoms with Crippen LogP contribution in [0.15, 0.2) is 28.9 Å². The quantitative estimate of drug-likeness (QED) is 0.800. The summed E-state index contributed by atoms with van der Waals surface area (Å²) in [5, 5.41) is 25.4. The SMILES string of the molecule is N#CC(=CNc1cc(Br)cc(C2OCCO2)c1)c1nn[nH]n1. The number of hydrogen-bond donors (Lipinski definition) is 2. The number of nitrogens with zero attached hydrogens (tertiary/aromatic N) is 4. The maximum atomic E-state index is 9.13. The van der Waals surface area contributed by atoms with Gasteiger partial charge in [0.25, 0.3) is 0 Å². The fourth-order valence-corrected chi connectivity index (χ4v) is 2.47. The minimum atomic E-state index is -0.366. The lowest BCUT2D eigenvalue weighted by Gasteiger charge is -2.12. The first-order valence-corrected chi connectivity index (χ1v) is 7.20. The fourth-order valence-electron chi connectivity index (χ4n) is 1.96.